The number of halogens is 2. The van der Waals surface area contributed by atoms with Crippen LogP contribution in [0.5, 0.6) is 5.75 Å². The maximum atomic E-state index is 14.6. The molecule has 45 heavy (non-hydrogen) atoms. The van der Waals surface area contributed by atoms with Crippen LogP contribution in [0, 0.1) is 5.82 Å². The van der Waals surface area contributed by atoms with Crippen LogP contribution in [0.1, 0.15) is 49.4 Å². The molecule has 0 N–H and O–H groups in total. The van der Waals surface area contributed by atoms with Gasteiger partial charge in [0.05, 0.1) is 36.1 Å². The third-order valence-electron chi connectivity index (χ3n) is 7.78. The fourth-order valence-electron chi connectivity index (χ4n) is 5.81. The predicted octanol–water partition coefficient (Wildman–Crippen LogP) is 6.49. The van der Waals surface area contributed by atoms with E-state index in [2.05, 4.69) is 15.9 Å². The summed E-state index contributed by atoms with van der Waals surface area (Å²) in [4.78, 5) is 33.3. The number of carbonyl (C=O) groups excluding carboxylic acids is 1. The van der Waals surface area contributed by atoms with Crippen LogP contribution in [-0.4, -0.2) is 28.8 Å². The largest absolute Gasteiger partial charge is 0.496 e. The van der Waals surface area contributed by atoms with Crippen molar-refractivity contribution >= 4 is 50.2 Å². The molecule has 0 amide bonds. The van der Waals surface area contributed by atoms with Gasteiger partial charge in [0.25, 0.3) is 5.56 Å². The molecule has 0 fully saturated rings. The van der Waals surface area contributed by atoms with E-state index in [4.69, 9.17) is 14.5 Å². The van der Waals surface area contributed by atoms with Gasteiger partial charge in [-0.05, 0) is 49.8 Å². The molecule has 1 aliphatic rings. The molecule has 10 heteroatoms. The Kier molecular flexibility index (Phi) is 8.87. The Hall–Kier alpha value is -4.28. The average Bonchev–Trinajstić information content (AvgIpc) is 3.54. The van der Waals surface area contributed by atoms with E-state index in [9.17, 15) is 14.0 Å². The minimum absolute atomic E-state index is 0.186. The van der Waals surface area contributed by atoms with Crippen LogP contribution in [0.2, 0.25) is 0 Å². The molecule has 6 rings (SSSR count). The number of benzene rings is 3. The molecule has 5 aromatic rings. The highest BCUT2D eigenvalue weighted by Gasteiger charge is 2.36. The summed E-state index contributed by atoms with van der Waals surface area (Å²) in [5, 5.41) is 0.934. The predicted molar refractivity (Wildman–Crippen MR) is 178 cm³/mol. The van der Waals surface area contributed by atoms with Gasteiger partial charge in [0.2, 0.25) is 0 Å². The minimum Gasteiger partial charge on any atom is -0.496 e. The second-order valence-corrected chi connectivity index (χ2v) is 12.5. The molecule has 7 nitrogen and oxygen atoms in total. The lowest BCUT2D eigenvalue weighted by molar-refractivity contribution is -0.139. The first-order chi connectivity index (χ1) is 21.8. The van der Waals surface area contributed by atoms with Gasteiger partial charge in [0.1, 0.15) is 17.6 Å². The van der Waals surface area contributed by atoms with Gasteiger partial charge in [-0.15, -0.1) is 0 Å². The van der Waals surface area contributed by atoms with Gasteiger partial charge in [-0.1, -0.05) is 77.0 Å². The molecule has 230 valence electrons. The Balaban J connectivity index is 1.58. The van der Waals surface area contributed by atoms with E-state index in [1.807, 2.05) is 72.3 Å². The summed E-state index contributed by atoms with van der Waals surface area (Å²) >= 11 is 4.83. The van der Waals surface area contributed by atoms with E-state index < -0.39 is 12.0 Å². The number of aromatic nitrogens is 2. The van der Waals surface area contributed by atoms with Crippen LogP contribution in [0.4, 0.5) is 4.39 Å². The van der Waals surface area contributed by atoms with Gasteiger partial charge in [-0.3, -0.25) is 9.36 Å². The monoisotopic (exact) mass is 687 g/mol. The Labute approximate surface area is 271 Å². The first kappa shape index (κ1) is 30.7. The summed E-state index contributed by atoms with van der Waals surface area (Å²) < 4.78 is 30.6. The molecule has 0 aliphatic carbocycles. The number of thiazole rings is 1. The van der Waals surface area contributed by atoms with E-state index in [-0.39, 0.29) is 18.0 Å². The van der Waals surface area contributed by atoms with Crippen LogP contribution in [0.25, 0.3) is 17.0 Å². The molecule has 3 heterocycles. The molecule has 2 aromatic heterocycles. The molecule has 1 aliphatic heterocycles. The first-order valence-electron chi connectivity index (χ1n) is 14.7. The van der Waals surface area contributed by atoms with Gasteiger partial charge in [-0.25, -0.2) is 14.2 Å². The number of carbonyl (C=O) groups is 1. The molecule has 0 bridgehead atoms. The van der Waals surface area contributed by atoms with E-state index in [1.54, 1.807) is 30.7 Å². The zero-order chi connectivity index (χ0) is 31.7. The van der Waals surface area contributed by atoms with Crippen molar-refractivity contribution < 1.29 is 18.7 Å². The van der Waals surface area contributed by atoms with Gasteiger partial charge < -0.3 is 14.0 Å². The zero-order valence-electron chi connectivity index (χ0n) is 25.1. The third kappa shape index (κ3) is 5.80. The number of hydrogen-bond acceptors (Lipinski definition) is 6. The lowest BCUT2D eigenvalue weighted by Gasteiger charge is -2.27. The average molecular weight is 689 g/mol. The summed E-state index contributed by atoms with van der Waals surface area (Å²) in [6.45, 7) is 4.30. The van der Waals surface area contributed by atoms with E-state index in [1.165, 1.54) is 17.4 Å². The second-order valence-electron chi connectivity index (χ2n) is 10.6. The number of hydrogen-bond donors (Lipinski definition) is 0. The fourth-order valence-corrected chi connectivity index (χ4v) is 7.20. The van der Waals surface area contributed by atoms with Gasteiger partial charge in [0, 0.05) is 38.3 Å². The minimum atomic E-state index is -0.807. The highest BCUT2D eigenvalue weighted by molar-refractivity contribution is 9.10. The second kappa shape index (κ2) is 13.0. The number of rotatable bonds is 9. The van der Waals surface area contributed by atoms with Crippen molar-refractivity contribution in [2.75, 3.05) is 13.7 Å². The van der Waals surface area contributed by atoms with Crippen LogP contribution in [-0.2, 0) is 16.1 Å². The number of ether oxygens (including phenoxy) is 2. The number of nitrogens with zero attached hydrogens (tertiary/aromatic N) is 3. The molecule has 1 atom stereocenters. The van der Waals surface area contributed by atoms with Crippen molar-refractivity contribution in [3.05, 3.63) is 131 Å². The Morgan fingerprint density at radius 3 is 2.64 bits per heavy atom. The van der Waals surface area contributed by atoms with Crippen molar-refractivity contribution in [3.8, 4) is 5.75 Å². The van der Waals surface area contributed by atoms with E-state index in [0.717, 1.165) is 27.4 Å². The Bertz CT molecular complexity index is 2150. The maximum absolute atomic E-state index is 14.6. The van der Waals surface area contributed by atoms with Crippen LogP contribution in [0.3, 0.4) is 0 Å². The number of methoxy groups -OCH3 is 1. The van der Waals surface area contributed by atoms with Gasteiger partial charge in [0.15, 0.2) is 4.80 Å². The van der Waals surface area contributed by atoms with Crippen molar-refractivity contribution in [1.82, 2.24) is 9.13 Å². The van der Waals surface area contributed by atoms with Crippen LogP contribution >= 0.6 is 27.3 Å². The molecule has 0 saturated heterocycles. The van der Waals surface area contributed by atoms with Gasteiger partial charge in [-0.2, -0.15) is 0 Å². The molecule has 0 spiro atoms. The van der Waals surface area contributed by atoms with Crippen molar-refractivity contribution in [1.29, 1.82) is 0 Å². The third-order valence-corrected chi connectivity index (χ3v) is 9.26. The maximum Gasteiger partial charge on any atom is 0.338 e. The summed E-state index contributed by atoms with van der Waals surface area (Å²) in [5.74, 6) is -0.246. The lowest BCUT2D eigenvalue weighted by atomic mass is 9.93. The van der Waals surface area contributed by atoms with Crippen molar-refractivity contribution in [3.63, 3.8) is 0 Å². The number of para-hydroxylation sites is 1. The highest BCUT2D eigenvalue weighted by Crippen LogP contribution is 2.38. The van der Waals surface area contributed by atoms with Crippen LogP contribution in [0.15, 0.2) is 98.5 Å². The van der Waals surface area contributed by atoms with E-state index in [0.29, 0.717) is 50.4 Å². The SMILES string of the molecule is CCCC1=C(C(=O)OCC)[C@@H](c2cc(Br)ccc2OC)n2c(s/c(=C/c3cn(Cc4ccccc4F)c4ccccc34)c2=O)=N1. The van der Waals surface area contributed by atoms with Gasteiger partial charge >= 0.3 is 5.97 Å². The number of fused-ring (bicyclic) bond motifs is 2. The standard InChI is InChI=1S/C35H31BrFN3O4S/c1-4-10-27-31(34(42)44-5-2)32(25-18-23(36)15-16-29(25)43-3)40-33(41)30(45-35(40)38-27)17-22-20-39(28-14-9-7-12-24(22)28)19-21-11-6-8-13-26(21)37/h6-9,11-18,20,32H,4-5,10,19H2,1-3H3/b30-17+/t32-/m1/s1. The Morgan fingerprint density at radius 1 is 1.11 bits per heavy atom. The van der Waals surface area contributed by atoms with Crippen molar-refractivity contribution in [2.45, 2.75) is 39.3 Å². The molecular formula is C35H31BrFN3O4S. The number of allylic oxidation sites excluding steroid dienone is 1. The normalized spacial score (nSPS) is 14.9. The summed E-state index contributed by atoms with van der Waals surface area (Å²) in [5.41, 5.74) is 3.60. The molecule has 0 radical (unpaired) electrons. The molecule has 0 saturated carbocycles. The van der Waals surface area contributed by atoms with Crippen molar-refractivity contribution in [2.24, 2.45) is 4.99 Å². The lowest BCUT2D eigenvalue weighted by Crippen LogP contribution is -2.40. The van der Waals surface area contributed by atoms with Crippen LogP contribution < -0.4 is 19.6 Å². The first-order valence-corrected chi connectivity index (χ1v) is 16.3. The molecular weight excluding hydrogens is 657 g/mol. The smallest absolute Gasteiger partial charge is 0.338 e. The van der Waals surface area contributed by atoms with E-state index >= 15 is 0 Å². The zero-order valence-corrected chi connectivity index (χ0v) is 27.5. The molecule has 0 unspecified atom stereocenters. The number of esters is 1. The summed E-state index contributed by atoms with van der Waals surface area (Å²) in [6.07, 6.45) is 5.08. The highest BCUT2D eigenvalue weighted by atomic mass is 79.9. The topological polar surface area (TPSA) is 74.8 Å². The Morgan fingerprint density at radius 2 is 1.89 bits per heavy atom. The fraction of sp³-hybridized carbons (Fsp3) is 0.229. The molecule has 3 aromatic carbocycles. The summed E-state index contributed by atoms with van der Waals surface area (Å²) in [7, 11) is 1.56. The quantitative estimate of drug-likeness (QED) is 0.166. The summed E-state index contributed by atoms with van der Waals surface area (Å²) in [6, 6.07) is 19.3.